The lowest BCUT2D eigenvalue weighted by atomic mass is 10.1. The summed E-state index contributed by atoms with van der Waals surface area (Å²) in [6, 6.07) is 10.1. The second-order valence-corrected chi connectivity index (χ2v) is 9.32. The van der Waals surface area contributed by atoms with Crippen LogP contribution in [0.4, 0.5) is 5.69 Å². The van der Waals surface area contributed by atoms with Gasteiger partial charge in [-0.05, 0) is 31.5 Å². The van der Waals surface area contributed by atoms with Gasteiger partial charge in [-0.25, -0.2) is 8.42 Å². The topological polar surface area (TPSA) is 66.5 Å². The molecule has 0 unspecified atom stereocenters. The van der Waals surface area contributed by atoms with Gasteiger partial charge in [0, 0.05) is 0 Å². The fourth-order valence-electron chi connectivity index (χ4n) is 2.44. The molecule has 0 radical (unpaired) electrons. The van der Waals surface area contributed by atoms with Crippen LogP contribution in [0.2, 0.25) is 15.1 Å². The molecule has 1 N–H and O–H groups in total. The van der Waals surface area contributed by atoms with Crippen LogP contribution in [-0.2, 0) is 14.8 Å². The van der Waals surface area contributed by atoms with Crippen LogP contribution in [0.25, 0.3) is 0 Å². The van der Waals surface area contributed by atoms with Crippen molar-refractivity contribution >= 4 is 56.4 Å². The van der Waals surface area contributed by atoms with Crippen molar-refractivity contribution in [2.45, 2.75) is 19.9 Å². The molecule has 0 saturated carbocycles. The Kier molecular flexibility index (Phi) is 7.03. The quantitative estimate of drug-likeness (QED) is 0.655. The zero-order valence-corrected chi connectivity index (χ0v) is 18.0. The number of amides is 1. The molecule has 0 fully saturated rings. The van der Waals surface area contributed by atoms with Crippen LogP contribution in [0.5, 0.6) is 0 Å². The minimum atomic E-state index is -3.78. The Hall–Kier alpha value is -1.47. The van der Waals surface area contributed by atoms with Gasteiger partial charge in [-0.15, -0.1) is 0 Å². The molecule has 2 aromatic carbocycles. The van der Waals surface area contributed by atoms with Crippen molar-refractivity contribution in [2.75, 3.05) is 17.1 Å². The third-order valence-corrected chi connectivity index (χ3v) is 6.05. The third-order valence-electron chi connectivity index (χ3n) is 3.90. The lowest BCUT2D eigenvalue weighted by Crippen LogP contribution is -2.41. The zero-order chi connectivity index (χ0) is 20.4. The first-order valence-corrected chi connectivity index (χ1v) is 11.0. The van der Waals surface area contributed by atoms with Crippen molar-refractivity contribution in [3.05, 3.63) is 62.6 Å². The van der Waals surface area contributed by atoms with E-state index in [9.17, 15) is 13.2 Å². The monoisotopic (exact) mass is 448 g/mol. The molecule has 2 aromatic rings. The van der Waals surface area contributed by atoms with Gasteiger partial charge in [0.25, 0.3) is 0 Å². The number of benzene rings is 2. The first-order valence-electron chi connectivity index (χ1n) is 7.97. The molecule has 2 rings (SSSR count). The Bertz CT molecular complexity index is 947. The van der Waals surface area contributed by atoms with E-state index in [1.807, 2.05) is 38.1 Å². The minimum absolute atomic E-state index is 0.0780. The smallest absolute Gasteiger partial charge is 0.241 e. The van der Waals surface area contributed by atoms with E-state index < -0.39 is 22.5 Å². The molecule has 0 aliphatic heterocycles. The van der Waals surface area contributed by atoms with Crippen molar-refractivity contribution in [1.82, 2.24) is 5.32 Å². The molecule has 146 valence electrons. The van der Waals surface area contributed by atoms with E-state index in [1.54, 1.807) is 0 Å². The molecule has 27 heavy (non-hydrogen) atoms. The first kappa shape index (κ1) is 21.8. The largest absolute Gasteiger partial charge is 0.348 e. The van der Waals surface area contributed by atoms with Gasteiger partial charge in [-0.1, -0.05) is 64.6 Å². The average molecular weight is 450 g/mol. The van der Waals surface area contributed by atoms with Crippen LogP contribution in [0.1, 0.15) is 24.1 Å². The fourth-order valence-corrected chi connectivity index (χ4v) is 3.99. The summed E-state index contributed by atoms with van der Waals surface area (Å²) >= 11 is 18.0. The Morgan fingerprint density at radius 3 is 2.19 bits per heavy atom. The summed E-state index contributed by atoms with van der Waals surface area (Å²) in [7, 11) is -3.78. The number of aryl methyl sites for hydroxylation is 1. The van der Waals surface area contributed by atoms with Crippen LogP contribution in [-0.4, -0.2) is 27.1 Å². The fraction of sp³-hybridized carbons (Fsp3) is 0.278. The van der Waals surface area contributed by atoms with Crippen molar-refractivity contribution < 1.29 is 13.2 Å². The molecule has 0 aliphatic carbocycles. The van der Waals surface area contributed by atoms with Gasteiger partial charge in [0.15, 0.2) is 0 Å². The van der Waals surface area contributed by atoms with Crippen LogP contribution in [0.3, 0.4) is 0 Å². The average Bonchev–Trinajstić information content (AvgIpc) is 2.56. The molecule has 1 atom stereocenters. The van der Waals surface area contributed by atoms with Gasteiger partial charge >= 0.3 is 0 Å². The van der Waals surface area contributed by atoms with Gasteiger partial charge in [0.2, 0.25) is 15.9 Å². The first-order chi connectivity index (χ1) is 12.5. The van der Waals surface area contributed by atoms with E-state index >= 15 is 0 Å². The summed E-state index contributed by atoms with van der Waals surface area (Å²) in [6.45, 7) is 3.35. The summed E-state index contributed by atoms with van der Waals surface area (Å²) in [5.41, 5.74) is 2.11. The lowest BCUT2D eigenvalue weighted by Gasteiger charge is -2.24. The maximum Gasteiger partial charge on any atom is 0.241 e. The SMILES string of the molecule is Cc1ccc([C@H](C)NC(=O)CN(c2cc(Cl)c(Cl)cc2Cl)S(C)(=O)=O)cc1. The maximum absolute atomic E-state index is 12.5. The number of nitrogens with zero attached hydrogens (tertiary/aromatic N) is 1. The summed E-state index contributed by atoms with van der Waals surface area (Å²) in [5, 5.41) is 3.19. The summed E-state index contributed by atoms with van der Waals surface area (Å²) in [6.07, 6.45) is 0.989. The number of rotatable bonds is 6. The number of carbonyl (C=O) groups is 1. The van der Waals surface area contributed by atoms with E-state index in [0.29, 0.717) is 0 Å². The summed E-state index contributed by atoms with van der Waals surface area (Å²) in [4.78, 5) is 12.5. The van der Waals surface area contributed by atoms with E-state index in [1.165, 1.54) is 12.1 Å². The number of hydrogen-bond acceptors (Lipinski definition) is 3. The number of anilines is 1. The molecule has 9 heteroatoms. The van der Waals surface area contributed by atoms with Gasteiger partial charge in [0.05, 0.1) is 33.1 Å². The number of halogens is 3. The van der Waals surface area contributed by atoms with Gasteiger partial charge in [0.1, 0.15) is 6.54 Å². The standard InChI is InChI=1S/C18H19Cl3N2O3S/c1-11-4-6-13(7-5-11)12(2)22-18(24)10-23(27(3,25)26)17-9-15(20)14(19)8-16(17)21/h4-9,12H,10H2,1-3H3,(H,22,24)/t12-/m0/s1. The number of sulfonamides is 1. The summed E-state index contributed by atoms with van der Waals surface area (Å²) in [5.74, 6) is -0.476. The Balaban J connectivity index is 2.23. The van der Waals surface area contributed by atoms with E-state index in [4.69, 9.17) is 34.8 Å². The van der Waals surface area contributed by atoms with Gasteiger partial charge in [-0.3, -0.25) is 9.10 Å². The van der Waals surface area contributed by atoms with Crippen molar-refractivity contribution in [2.24, 2.45) is 0 Å². The minimum Gasteiger partial charge on any atom is -0.348 e. The number of hydrogen-bond donors (Lipinski definition) is 1. The van der Waals surface area contributed by atoms with Crippen molar-refractivity contribution in [3.8, 4) is 0 Å². The molecule has 0 spiro atoms. The second kappa shape index (κ2) is 8.69. The Morgan fingerprint density at radius 2 is 1.63 bits per heavy atom. The van der Waals surface area contributed by atoms with Crippen LogP contribution in [0.15, 0.2) is 36.4 Å². The molecule has 0 aliphatic rings. The number of nitrogens with one attached hydrogen (secondary N) is 1. The highest BCUT2D eigenvalue weighted by Gasteiger charge is 2.25. The van der Waals surface area contributed by atoms with Gasteiger partial charge in [-0.2, -0.15) is 0 Å². The predicted octanol–water partition coefficient (Wildman–Crippen LogP) is 4.60. The van der Waals surface area contributed by atoms with E-state index in [-0.39, 0.29) is 26.8 Å². The van der Waals surface area contributed by atoms with Crippen LogP contribution < -0.4 is 9.62 Å². The lowest BCUT2D eigenvalue weighted by molar-refractivity contribution is -0.120. The van der Waals surface area contributed by atoms with Crippen LogP contribution in [0, 0.1) is 6.92 Å². The van der Waals surface area contributed by atoms with Crippen molar-refractivity contribution in [1.29, 1.82) is 0 Å². The zero-order valence-electron chi connectivity index (χ0n) is 15.0. The molecule has 0 saturated heterocycles. The highest BCUT2D eigenvalue weighted by Crippen LogP contribution is 2.35. The summed E-state index contributed by atoms with van der Waals surface area (Å²) < 4.78 is 25.3. The number of carbonyl (C=O) groups excluding carboxylic acids is 1. The Labute approximate surface area is 174 Å². The van der Waals surface area contributed by atoms with E-state index in [2.05, 4.69) is 5.32 Å². The highest BCUT2D eigenvalue weighted by atomic mass is 35.5. The van der Waals surface area contributed by atoms with Crippen molar-refractivity contribution in [3.63, 3.8) is 0 Å². The molecule has 0 heterocycles. The molecule has 0 aromatic heterocycles. The molecule has 5 nitrogen and oxygen atoms in total. The van der Waals surface area contributed by atoms with Crippen LogP contribution >= 0.6 is 34.8 Å². The molecule has 0 bridgehead atoms. The molecular formula is C18H19Cl3N2O3S. The Morgan fingerprint density at radius 1 is 1.07 bits per heavy atom. The molecule has 1 amide bonds. The van der Waals surface area contributed by atoms with E-state index in [0.717, 1.165) is 21.7 Å². The predicted molar refractivity (Wildman–Crippen MR) is 111 cm³/mol. The molecular weight excluding hydrogens is 431 g/mol. The highest BCUT2D eigenvalue weighted by molar-refractivity contribution is 7.92. The maximum atomic E-state index is 12.5. The normalized spacial score (nSPS) is 12.5. The second-order valence-electron chi connectivity index (χ2n) is 6.19. The third kappa shape index (κ3) is 5.75. The van der Waals surface area contributed by atoms with Gasteiger partial charge < -0.3 is 5.32 Å².